The molecule has 5 rings (SSSR count). The Morgan fingerprint density at radius 3 is 2.29 bits per heavy atom. The topological polar surface area (TPSA) is 67.4 Å². The lowest BCUT2D eigenvalue weighted by molar-refractivity contribution is -0.129. The van der Waals surface area contributed by atoms with Gasteiger partial charge in [0, 0.05) is 24.5 Å². The number of hydrogen-bond acceptors (Lipinski definition) is 3. The van der Waals surface area contributed by atoms with Gasteiger partial charge in [-0.1, -0.05) is 11.6 Å². The number of carbonyl (C=O) groups excluding carboxylic acids is 2. The Kier molecular flexibility index (Phi) is 5.55. The van der Waals surface area contributed by atoms with Gasteiger partial charge in [0.2, 0.25) is 5.91 Å². The maximum Gasteiger partial charge on any atom is 0.255 e. The van der Waals surface area contributed by atoms with Gasteiger partial charge >= 0.3 is 0 Å². The number of rotatable bonds is 7. The van der Waals surface area contributed by atoms with Crippen molar-refractivity contribution in [3.05, 3.63) is 28.8 Å². The molecule has 4 saturated carbocycles. The molecule has 1 aromatic rings. The zero-order chi connectivity index (χ0) is 19.7. The molecule has 0 aliphatic heterocycles. The van der Waals surface area contributed by atoms with Gasteiger partial charge in [0.05, 0.1) is 12.7 Å². The second kappa shape index (κ2) is 7.94. The summed E-state index contributed by atoms with van der Waals surface area (Å²) < 4.78 is 5.21. The van der Waals surface area contributed by atoms with E-state index in [1.165, 1.54) is 45.6 Å². The maximum atomic E-state index is 12.5. The number of halogens is 1. The van der Waals surface area contributed by atoms with Gasteiger partial charge in [-0.05, 0) is 79.9 Å². The fourth-order valence-electron chi connectivity index (χ4n) is 6.24. The maximum absolute atomic E-state index is 12.5. The number of hydrogen-bond donors (Lipinski definition) is 2. The minimum Gasteiger partial charge on any atom is -0.496 e. The van der Waals surface area contributed by atoms with E-state index in [0.29, 0.717) is 35.8 Å². The van der Waals surface area contributed by atoms with E-state index in [2.05, 4.69) is 10.6 Å². The summed E-state index contributed by atoms with van der Waals surface area (Å²) in [5.41, 5.74) is 0.644. The molecular weight excluding hydrogens is 376 g/mol. The molecule has 4 fully saturated rings. The van der Waals surface area contributed by atoms with Crippen LogP contribution in [0.1, 0.15) is 55.3 Å². The van der Waals surface area contributed by atoms with Gasteiger partial charge in [-0.3, -0.25) is 9.59 Å². The van der Waals surface area contributed by atoms with Gasteiger partial charge in [0.15, 0.2) is 0 Å². The summed E-state index contributed by atoms with van der Waals surface area (Å²) in [7, 11) is 1.52. The summed E-state index contributed by atoms with van der Waals surface area (Å²) in [4.78, 5) is 24.9. The molecule has 0 radical (unpaired) electrons. The van der Waals surface area contributed by atoms with Gasteiger partial charge in [0.25, 0.3) is 5.91 Å². The number of methoxy groups -OCH3 is 1. The molecule has 5 nitrogen and oxygen atoms in total. The Morgan fingerprint density at radius 1 is 1.07 bits per heavy atom. The zero-order valence-electron chi connectivity index (χ0n) is 16.4. The second-order valence-corrected chi connectivity index (χ2v) is 9.48. The third-order valence-electron chi connectivity index (χ3n) is 6.84. The molecule has 4 aliphatic rings. The van der Waals surface area contributed by atoms with E-state index in [4.69, 9.17) is 16.3 Å². The highest BCUT2D eigenvalue weighted by molar-refractivity contribution is 6.31. The quantitative estimate of drug-likeness (QED) is 0.679. The SMILES string of the molecule is COc1ccc(Cl)cc1C(=O)NCCNC(=O)CC12CC3CC(CC(C3)C1)C2. The fourth-order valence-corrected chi connectivity index (χ4v) is 6.41. The van der Waals surface area contributed by atoms with Crippen LogP contribution in [-0.4, -0.2) is 32.0 Å². The molecule has 0 saturated heterocycles. The van der Waals surface area contributed by atoms with Gasteiger partial charge in [0.1, 0.15) is 5.75 Å². The third kappa shape index (κ3) is 4.14. The molecule has 152 valence electrons. The number of ether oxygens (including phenoxy) is 1. The fraction of sp³-hybridized carbons (Fsp3) is 0.636. The van der Waals surface area contributed by atoms with Crippen LogP contribution in [0.2, 0.25) is 5.02 Å². The van der Waals surface area contributed by atoms with Crippen molar-refractivity contribution in [3.8, 4) is 5.75 Å². The normalized spacial score (nSPS) is 30.1. The monoisotopic (exact) mass is 404 g/mol. The average molecular weight is 405 g/mol. The molecule has 4 bridgehead atoms. The molecule has 1 aromatic carbocycles. The van der Waals surface area contributed by atoms with E-state index in [9.17, 15) is 9.59 Å². The predicted octanol–water partition coefficient (Wildman–Crippen LogP) is 3.80. The first-order valence-corrected chi connectivity index (χ1v) is 10.7. The number of nitrogens with one attached hydrogen (secondary N) is 2. The van der Waals surface area contributed by atoms with Gasteiger partial charge in [-0.25, -0.2) is 0 Å². The van der Waals surface area contributed by atoms with E-state index >= 15 is 0 Å². The van der Waals surface area contributed by atoms with Crippen LogP contribution in [0.15, 0.2) is 18.2 Å². The smallest absolute Gasteiger partial charge is 0.255 e. The lowest BCUT2D eigenvalue weighted by atomic mass is 9.49. The van der Waals surface area contributed by atoms with Crippen molar-refractivity contribution in [1.82, 2.24) is 10.6 Å². The van der Waals surface area contributed by atoms with Crippen molar-refractivity contribution in [1.29, 1.82) is 0 Å². The average Bonchev–Trinajstić information content (AvgIpc) is 2.63. The van der Waals surface area contributed by atoms with E-state index in [1.807, 2.05) is 0 Å². The van der Waals surface area contributed by atoms with Crippen LogP contribution in [0.25, 0.3) is 0 Å². The largest absolute Gasteiger partial charge is 0.496 e. The number of carbonyl (C=O) groups is 2. The summed E-state index contributed by atoms with van der Waals surface area (Å²) >= 11 is 5.98. The molecule has 6 heteroatoms. The zero-order valence-corrected chi connectivity index (χ0v) is 17.2. The Balaban J connectivity index is 1.23. The first-order chi connectivity index (χ1) is 13.5. The molecular formula is C22H29ClN2O3. The van der Waals surface area contributed by atoms with Crippen molar-refractivity contribution in [3.63, 3.8) is 0 Å². The van der Waals surface area contributed by atoms with Crippen molar-refractivity contribution in [2.75, 3.05) is 20.2 Å². The molecule has 2 amide bonds. The molecule has 0 aromatic heterocycles. The van der Waals surface area contributed by atoms with Crippen LogP contribution >= 0.6 is 11.6 Å². The van der Waals surface area contributed by atoms with Crippen molar-refractivity contribution >= 4 is 23.4 Å². The van der Waals surface area contributed by atoms with E-state index < -0.39 is 0 Å². The number of amides is 2. The third-order valence-corrected chi connectivity index (χ3v) is 7.07. The first-order valence-electron chi connectivity index (χ1n) is 10.3. The van der Waals surface area contributed by atoms with Crippen molar-refractivity contribution < 1.29 is 14.3 Å². The van der Waals surface area contributed by atoms with Crippen LogP contribution in [0.5, 0.6) is 5.75 Å². The predicted molar refractivity (Wildman–Crippen MR) is 109 cm³/mol. The highest BCUT2D eigenvalue weighted by Gasteiger charge is 2.51. The molecule has 0 unspecified atom stereocenters. The summed E-state index contributed by atoms with van der Waals surface area (Å²) in [5.74, 6) is 2.90. The van der Waals surface area contributed by atoms with E-state index in [-0.39, 0.29) is 17.2 Å². The van der Waals surface area contributed by atoms with Crippen LogP contribution in [0.4, 0.5) is 0 Å². The van der Waals surface area contributed by atoms with Crippen molar-refractivity contribution in [2.24, 2.45) is 23.2 Å². The minimum atomic E-state index is -0.255. The van der Waals surface area contributed by atoms with Crippen molar-refractivity contribution in [2.45, 2.75) is 44.9 Å². The molecule has 2 N–H and O–H groups in total. The first kappa shape index (κ1) is 19.6. The Labute approximate surface area is 171 Å². The lowest BCUT2D eigenvalue weighted by Gasteiger charge is -2.56. The van der Waals surface area contributed by atoms with Gasteiger partial charge in [-0.2, -0.15) is 0 Å². The number of benzene rings is 1. The van der Waals surface area contributed by atoms with Gasteiger partial charge in [-0.15, -0.1) is 0 Å². The lowest BCUT2D eigenvalue weighted by Crippen LogP contribution is -2.48. The Hall–Kier alpha value is -1.75. The highest BCUT2D eigenvalue weighted by Crippen LogP contribution is 2.61. The summed E-state index contributed by atoms with van der Waals surface area (Å²) in [6.07, 6.45) is 8.51. The molecule has 4 aliphatic carbocycles. The summed E-state index contributed by atoms with van der Waals surface area (Å²) in [6.45, 7) is 0.806. The molecule has 0 atom stereocenters. The minimum absolute atomic E-state index is 0.122. The summed E-state index contributed by atoms with van der Waals surface area (Å²) in [5, 5.41) is 6.30. The van der Waals surface area contributed by atoms with E-state index in [1.54, 1.807) is 18.2 Å². The van der Waals surface area contributed by atoms with E-state index in [0.717, 1.165) is 17.8 Å². The second-order valence-electron chi connectivity index (χ2n) is 9.04. The van der Waals surface area contributed by atoms with Gasteiger partial charge < -0.3 is 15.4 Å². The van der Waals surface area contributed by atoms with Crippen LogP contribution in [-0.2, 0) is 4.79 Å². The molecule has 28 heavy (non-hydrogen) atoms. The Bertz CT molecular complexity index is 729. The van der Waals surface area contributed by atoms with Crippen LogP contribution in [0.3, 0.4) is 0 Å². The standard InChI is InChI=1S/C22H29ClN2O3/c1-28-19-3-2-17(23)9-18(19)21(27)25-5-4-24-20(26)13-22-10-14-6-15(11-22)8-16(7-14)12-22/h2-3,9,14-16H,4-8,10-13H2,1H3,(H,24,26)(H,25,27). The van der Waals surface area contributed by atoms with Crippen LogP contribution < -0.4 is 15.4 Å². The molecule has 0 heterocycles. The molecule has 0 spiro atoms. The summed E-state index contributed by atoms with van der Waals surface area (Å²) in [6, 6.07) is 4.94. The van der Waals surface area contributed by atoms with Crippen LogP contribution in [0, 0.1) is 23.2 Å². The Morgan fingerprint density at radius 2 is 1.68 bits per heavy atom. The highest BCUT2D eigenvalue weighted by atomic mass is 35.5.